The molecule has 0 aliphatic carbocycles. The molecule has 1 aromatic rings. The van der Waals surface area contributed by atoms with Crippen LogP contribution in [0.15, 0.2) is 30.4 Å². The van der Waals surface area contributed by atoms with E-state index in [1.54, 1.807) is 6.07 Å². The van der Waals surface area contributed by atoms with Crippen LogP contribution in [0, 0.1) is 0 Å². The van der Waals surface area contributed by atoms with Crippen molar-refractivity contribution in [3.63, 3.8) is 0 Å². The summed E-state index contributed by atoms with van der Waals surface area (Å²) in [5, 5.41) is 2.86. The third-order valence-electron chi connectivity index (χ3n) is 3.67. The van der Waals surface area contributed by atoms with E-state index in [1.807, 2.05) is 26.0 Å². The fourth-order valence-corrected chi connectivity index (χ4v) is 2.34. The fraction of sp³-hybridized carbons (Fsp3) is 0.471. The quantitative estimate of drug-likeness (QED) is 0.647. The lowest BCUT2D eigenvalue weighted by Gasteiger charge is -2.10. The Kier molecular flexibility index (Phi) is 5.02. The van der Waals surface area contributed by atoms with Crippen LogP contribution in [0.3, 0.4) is 0 Å². The van der Waals surface area contributed by atoms with Crippen LogP contribution in [0.5, 0.6) is 5.75 Å². The van der Waals surface area contributed by atoms with Crippen LogP contribution in [0.4, 0.5) is 0 Å². The number of hydrogen-bond acceptors (Lipinski definition) is 3. The molecule has 4 heteroatoms. The lowest BCUT2D eigenvalue weighted by Crippen LogP contribution is -2.27. The third kappa shape index (κ3) is 3.64. The summed E-state index contributed by atoms with van der Waals surface area (Å²) in [6.45, 7) is 11.3. The topological polar surface area (TPSA) is 47.6 Å². The summed E-state index contributed by atoms with van der Waals surface area (Å²) in [6, 6.07) is 5.73. The maximum absolute atomic E-state index is 12.3. The normalized spacial score (nSPS) is 19.8. The van der Waals surface area contributed by atoms with Gasteiger partial charge in [0, 0.05) is 18.0 Å². The number of para-hydroxylation sites is 1. The Morgan fingerprint density at radius 1 is 1.43 bits per heavy atom. The Morgan fingerprint density at radius 3 is 2.90 bits per heavy atom. The molecule has 2 rings (SSSR count). The molecule has 0 fully saturated rings. The molecule has 0 spiro atoms. The minimum atomic E-state index is -0.118. The third-order valence-corrected chi connectivity index (χ3v) is 3.67. The maximum Gasteiger partial charge on any atom is 0.255 e. The molecule has 2 unspecified atom stereocenters. The number of benzene rings is 1. The van der Waals surface area contributed by atoms with E-state index in [0.717, 1.165) is 16.9 Å². The van der Waals surface area contributed by atoms with E-state index in [4.69, 9.17) is 9.47 Å². The Hall–Kier alpha value is -1.81. The molecular weight excluding hydrogens is 266 g/mol. The van der Waals surface area contributed by atoms with Gasteiger partial charge in [0.25, 0.3) is 5.91 Å². The van der Waals surface area contributed by atoms with Gasteiger partial charge in [0.15, 0.2) is 0 Å². The summed E-state index contributed by atoms with van der Waals surface area (Å²) < 4.78 is 11.2. The van der Waals surface area contributed by atoms with E-state index < -0.39 is 0 Å². The van der Waals surface area contributed by atoms with Crippen molar-refractivity contribution in [3.05, 3.63) is 41.5 Å². The molecule has 1 aliphatic heterocycles. The smallest absolute Gasteiger partial charge is 0.255 e. The Bertz CT molecular complexity index is 539. The van der Waals surface area contributed by atoms with Crippen molar-refractivity contribution in [2.24, 2.45) is 0 Å². The first-order valence-corrected chi connectivity index (χ1v) is 7.30. The molecular formula is C17H23NO3. The van der Waals surface area contributed by atoms with Crippen LogP contribution in [-0.4, -0.2) is 31.8 Å². The molecule has 1 aromatic carbocycles. The van der Waals surface area contributed by atoms with Crippen LogP contribution in [0.25, 0.3) is 0 Å². The first kappa shape index (κ1) is 15.6. The van der Waals surface area contributed by atoms with Crippen molar-refractivity contribution in [3.8, 4) is 5.75 Å². The van der Waals surface area contributed by atoms with Gasteiger partial charge in [-0.3, -0.25) is 4.79 Å². The van der Waals surface area contributed by atoms with E-state index in [0.29, 0.717) is 31.2 Å². The van der Waals surface area contributed by atoms with Gasteiger partial charge in [0.1, 0.15) is 11.9 Å². The van der Waals surface area contributed by atoms with E-state index in [2.05, 4.69) is 18.8 Å². The van der Waals surface area contributed by atoms with Gasteiger partial charge in [-0.2, -0.15) is 0 Å². The Labute approximate surface area is 126 Å². The van der Waals surface area contributed by atoms with Gasteiger partial charge in [0.2, 0.25) is 0 Å². The van der Waals surface area contributed by atoms with Gasteiger partial charge in [-0.05, 0) is 19.9 Å². The molecule has 1 aliphatic rings. The molecule has 21 heavy (non-hydrogen) atoms. The number of ether oxygens (including phenoxy) is 2. The highest BCUT2D eigenvalue weighted by Crippen LogP contribution is 2.40. The molecule has 4 nitrogen and oxygen atoms in total. The molecule has 0 bridgehead atoms. The first-order valence-electron chi connectivity index (χ1n) is 7.30. The molecule has 1 N–H and O–H groups in total. The second kappa shape index (κ2) is 6.76. The van der Waals surface area contributed by atoms with Crippen LogP contribution in [0.2, 0.25) is 0 Å². The summed E-state index contributed by atoms with van der Waals surface area (Å²) in [4.78, 5) is 12.3. The zero-order chi connectivity index (χ0) is 15.4. The first-order chi connectivity index (χ1) is 10.0. The summed E-state index contributed by atoms with van der Waals surface area (Å²) >= 11 is 0. The van der Waals surface area contributed by atoms with Gasteiger partial charge in [-0.25, -0.2) is 0 Å². The van der Waals surface area contributed by atoms with Crippen LogP contribution < -0.4 is 10.1 Å². The van der Waals surface area contributed by atoms with Gasteiger partial charge in [0.05, 0.1) is 18.8 Å². The van der Waals surface area contributed by atoms with E-state index in [-0.39, 0.29) is 12.0 Å². The monoisotopic (exact) mass is 289 g/mol. The Morgan fingerprint density at radius 2 is 2.19 bits per heavy atom. The Balaban J connectivity index is 1.94. The predicted octanol–water partition coefficient (Wildman–Crippen LogP) is 2.89. The average molecular weight is 289 g/mol. The van der Waals surface area contributed by atoms with Crippen molar-refractivity contribution >= 4 is 5.91 Å². The second-order valence-electron chi connectivity index (χ2n) is 5.60. The summed E-state index contributed by atoms with van der Waals surface area (Å²) in [5.41, 5.74) is 2.68. The number of hydrogen-bond donors (Lipinski definition) is 1. The van der Waals surface area contributed by atoms with E-state index in [1.165, 1.54) is 0 Å². The number of nitrogens with one attached hydrogen (secondary N) is 1. The van der Waals surface area contributed by atoms with Crippen molar-refractivity contribution in [2.45, 2.75) is 32.8 Å². The van der Waals surface area contributed by atoms with Gasteiger partial charge < -0.3 is 14.8 Å². The highest BCUT2D eigenvalue weighted by atomic mass is 16.5. The molecule has 2 atom stereocenters. The molecule has 1 amide bonds. The molecule has 0 saturated heterocycles. The molecule has 1 heterocycles. The summed E-state index contributed by atoms with van der Waals surface area (Å²) in [7, 11) is 0. The molecule has 0 radical (unpaired) electrons. The van der Waals surface area contributed by atoms with Gasteiger partial charge in [-0.15, -0.1) is 0 Å². The molecule has 0 saturated carbocycles. The number of carbonyl (C=O) groups is 1. The summed E-state index contributed by atoms with van der Waals surface area (Å²) in [6.07, 6.45) is 0.104. The highest BCUT2D eigenvalue weighted by molar-refractivity contribution is 5.97. The lowest BCUT2D eigenvalue weighted by molar-refractivity contribution is 0.0922. The van der Waals surface area contributed by atoms with Gasteiger partial charge in [-0.1, -0.05) is 31.2 Å². The average Bonchev–Trinajstić information content (AvgIpc) is 2.73. The highest BCUT2D eigenvalue weighted by Gasteiger charge is 2.30. The second-order valence-corrected chi connectivity index (χ2v) is 5.60. The van der Waals surface area contributed by atoms with Crippen molar-refractivity contribution in [2.75, 3.05) is 19.8 Å². The van der Waals surface area contributed by atoms with Crippen LogP contribution in [-0.2, 0) is 4.74 Å². The van der Waals surface area contributed by atoms with Crippen molar-refractivity contribution in [1.29, 1.82) is 0 Å². The number of rotatable bonds is 6. The van der Waals surface area contributed by atoms with E-state index in [9.17, 15) is 4.79 Å². The number of fused-ring (bicyclic) bond motifs is 1. The maximum atomic E-state index is 12.3. The van der Waals surface area contributed by atoms with Gasteiger partial charge >= 0.3 is 0 Å². The minimum Gasteiger partial charge on any atom is -0.489 e. The standard InChI is InChI=1S/C17H23NO3/c1-11(2)10-20-9-8-18-17(19)15-7-5-6-14-12(3)13(4)21-16(14)15/h5-7,12-13H,1,8-10H2,2-4H3,(H,18,19). The minimum absolute atomic E-state index is 0.104. The lowest BCUT2D eigenvalue weighted by atomic mass is 9.97. The van der Waals surface area contributed by atoms with Crippen LogP contribution >= 0.6 is 0 Å². The molecule has 114 valence electrons. The number of amides is 1. The van der Waals surface area contributed by atoms with Crippen molar-refractivity contribution < 1.29 is 14.3 Å². The largest absolute Gasteiger partial charge is 0.489 e. The van der Waals surface area contributed by atoms with Crippen molar-refractivity contribution in [1.82, 2.24) is 5.32 Å². The van der Waals surface area contributed by atoms with Crippen LogP contribution in [0.1, 0.15) is 42.6 Å². The summed E-state index contributed by atoms with van der Waals surface area (Å²) in [5.74, 6) is 0.913. The number of carbonyl (C=O) groups excluding carboxylic acids is 1. The predicted molar refractivity (Wildman–Crippen MR) is 82.9 cm³/mol. The fourth-order valence-electron chi connectivity index (χ4n) is 2.34. The SMILES string of the molecule is C=C(C)COCCNC(=O)c1cccc2c1OC(C)C2C. The molecule has 0 aromatic heterocycles. The van der Waals surface area contributed by atoms with E-state index >= 15 is 0 Å². The zero-order valence-electron chi connectivity index (χ0n) is 12.9. The zero-order valence-corrected chi connectivity index (χ0v) is 12.9.